The molecule has 0 heterocycles. The van der Waals surface area contributed by atoms with E-state index in [0.717, 1.165) is 0 Å². The van der Waals surface area contributed by atoms with Crippen molar-refractivity contribution in [1.29, 1.82) is 0 Å². The number of hydrogen-bond acceptors (Lipinski definition) is 0. The molecule has 0 aliphatic rings. The molecule has 0 aromatic rings. The number of hydrogen-bond donors (Lipinski definition) is 0. The van der Waals surface area contributed by atoms with Crippen molar-refractivity contribution in [1.82, 2.24) is 0 Å². The normalized spacial score (nSPS) is 2.00. The van der Waals surface area contributed by atoms with E-state index in [1.807, 2.05) is 0 Å². The second-order valence-corrected chi connectivity index (χ2v) is 0.416. The van der Waals surface area contributed by atoms with Gasteiger partial charge >= 0.3 is 87.0 Å². The summed E-state index contributed by atoms with van der Waals surface area (Å²) in [5.74, 6) is 0. The number of rotatable bonds is 0. The second kappa shape index (κ2) is 15.9. The molecule has 0 rings (SSSR count). The van der Waals surface area contributed by atoms with Crippen molar-refractivity contribution in [2.24, 2.45) is 0 Å². The average Bonchev–Trinajstić information content (AvgIpc) is 0.918. The van der Waals surface area contributed by atoms with Crippen LogP contribution >= 0.6 is 0 Å². The van der Waals surface area contributed by atoms with E-state index in [0.29, 0.717) is 0 Å². The van der Waals surface area contributed by atoms with Gasteiger partial charge in [0.1, 0.15) is 0 Å². The fourth-order valence-electron chi connectivity index (χ4n) is 0. The first-order valence-electron chi connectivity index (χ1n) is 0.535. The molecule has 1 nitrogen and oxygen atoms in total. The van der Waals surface area contributed by atoms with Crippen molar-refractivity contribution < 1.29 is 8.21 Å². The van der Waals surface area contributed by atoms with Crippen LogP contribution in [0.15, 0.2) is 0 Å². The van der Waals surface area contributed by atoms with Crippen molar-refractivity contribution in [2.75, 3.05) is 0 Å². The molecule has 5 heteroatoms. The van der Waals surface area contributed by atoms with Crippen LogP contribution in [0.25, 0.3) is 0 Å². The molecule has 5 heavy (non-hydrogen) atoms. The van der Waals surface area contributed by atoms with Crippen molar-refractivity contribution in [3.8, 4) is 0 Å². The summed E-state index contributed by atoms with van der Waals surface area (Å²) in [6.45, 7) is 0. The maximum atomic E-state index is 9.81. The van der Waals surface area contributed by atoms with Gasteiger partial charge in [0.15, 0.2) is 0 Å². The maximum absolute atomic E-state index is 9.81. The van der Waals surface area contributed by atoms with Gasteiger partial charge in [-0.3, -0.25) is 0 Å². The second-order valence-electron chi connectivity index (χ2n) is 0.101. The van der Waals surface area contributed by atoms with Gasteiger partial charge in [-0.1, -0.05) is 0 Å². The van der Waals surface area contributed by atoms with Crippen LogP contribution in [0.2, 0.25) is 0 Å². The van der Waals surface area contributed by atoms with Crippen molar-refractivity contribution >= 4 is 84.3 Å². The zero-order chi connectivity index (χ0) is 2.71. The molecule has 28 valence electrons. The van der Waals surface area contributed by atoms with Gasteiger partial charge in [0, 0.05) is 0 Å². The van der Waals surface area contributed by atoms with Gasteiger partial charge < -0.3 is 5.48 Å². The van der Waals surface area contributed by atoms with Crippen LogP contribution in [0.1, 0.15) is 0 Å². The Labute approximate surface area is 90.0 Å². The number of halogens is 2. The van der Waals surface area contributed by atoms with Gasteiger partial charge in [0.25, 0.3) is 0 Å². The van der Waals surface area contributed by atoms with E-state index < -0.39 is 35.4 Å². The van der Waals surface area contributed by atoms with E-state index in [2.05, 4.69) is 0 Å². The van der Waals surface area contributed by atoms with Crippen LogP contribution in [0.5, 0.6) is 0 Å². The van der Waals surface area contributed by atoms with Crippen LogP contribution in [0.4, 0.5) is 2.73 Å². The third-order valence-corrected chi connectivity index (χ3v) is 0. The zero-order valence-electron chi connectivity index (χ0n) is 1.96. The summed E-state index contributed by atoms with van der Waals surface area (Å²) in [7, 11) is 0. The first kappa shape index (κ1) is 15.6. The summed E-state index contributed by atoms with van der Waals surface area (Å²) in [6.07, 6.45) is 0. The Balaban J connectivity index is -0.0000000200. The molecule has 0 aromatic heterocycles. The van der Waals surface area contributed by atoms with Crippen LogP contribution in [0, 0.1) is 0 Å². The first-order chi connectivity index (χ1) is 1.41. The Bertz CT molecular complexity index is 9.61. The van der Waals surface area contributed by atoms with E-state index in [9.17, 15) is 2.73 Å². The molecule has 0 amide bonds. The van der Waals surface area contributed by atoms with Gasteiger partial charge in [-0.25, -0.2) is 0 Å². The van der Waals surface area contributed by atoms with Crippen LogP contribution in [-0.2, 0) is 0 Å². The predicted octanol–water partition coefficient (Wildman–Crippen LogP) is -1.28. The molecule has 0 atom stereocenters. The SMILES string of the molecule is O.[BaH2].[F][Ca][F]. The topological polar surface area (TPSA) is 31.5 Å². The van der Waals surface area contributed by atoms with Crippen molar-refractivity contribution in [2.45, 2.75) is 0 Å². The Morgan fingerprint density at radius 3 is 1.20 bits per heavy atom. The van der Waals surface area contributed by atoms with Gasteiger partial charge in [-0.15, -0.1) is 0 Å². The minimum atomic E-state index is -2.88. The summed E-state index contributed by atoms with van der Waals surface area (Å²) >= 11 is -2.88. The predicted molar refractivity (Wildman–Crippen MR) is 20.1 cm³/mol. The van der Waals surface area contributed by atoms with E-state index in [1.165, 1.54) is 0 Å². The van der Waals surface area contributed by atoms with Gasteiger partial charge in [-0.05, 0) is 0 Å². The van der Waals surface area contributed by atoms with Crippen LogP contribution in [-0.4, -0.2) is 89.8 Å². The molecule has 0 fully saturated rings. The Morgan fingerprint density at radius 1 is 1.20 bits per heavy atom. The molecule has 0 aliphatic heterocycles. The molecule has 0 unspecified atom stereocenters. The molecule has 0 radical (unpaired) electrons. The quantitative estimate of drug-likeness (QED) is 0.469. The van der Waals surface area contributed by atoms with Gasteiger partial charge in [0.05, 0.1) is 0 Å². The summed E-state index contributed by atoms with van der Waals surface area (Å²) in [4.78, 5) is 0. The Kier molecular flexibility index (Phi) is 49.9. The molecule has 0 saturated heterocycles. The summed E-state index contributed by atoms with van der Waals surface area (Å²) in [6, 6.07) is 0. The van der Waals surface area contributed by atoms with Crippen molar-refractivity contribution in [3.63, 3.8) is 0 Å². The summed E-state index contributed by atoms with van der Waals surface area (Å²) in [5, 5.41) is 0. The van der Waals surface area contributed by atoms with E-state index in [-0.39, 0.29) is 54.4 Å². The van der Waals surface area contributed by atoms with E-state index in [4.69, 9.17) is 0 Å². The average molecular weight is 235 g/mol. The zero-order valence-corrected chi connectivity index (χ0v) is 4.17. The Hall–Kier alpha value is 2.65. The van der Waals surface area contributed by atoms with E-state index >= 15 is 0 Å². The standard InChI is InChI=1S/Ba.Ca.2FH.H2O.2H/h;;2*1H;1H2;;/q;+2;;;;;/p-2. The molecular formula is H4BaCaF2O. The molecule has 0 spiro atoms. The summed E-state index contributed by atoms with van der Waals surface area (Å²) < 4.78 is 19.6. The molecule has 0 saturated carbocycles. The molecule has 0 bridgehead atoms. The monoisotopic (exact) mass is 236 g/mol. The molecule has 2 N–H and O–H groups in total. The van der Waals surface area contributed by atoms with Crippen LogP contribution in [0.3, 0.4) is 0 Å². The van der Waals surface area contributed by atoms with Gasteiger partial charge in [0.2, 0.25) is 0 Å². The fourth-order valence-corrected chi connectivity index (χ4v) is 0. The Morgan fingerprint density at radius 2 is 1.20 bits per heavy atom. The first-order valence-corrected chi connectivity index (χ1v) is 2.20. The third-order valence-electron chi connectivity index (χ3n) is 0. The molecule has 0 aliphatic carbocycles. The van der Waals surface area contributed by atoms with E-state index in [1.54, 1.807) is 0 Å². The molecule has 0 aromatic carbocycles. The van der Waals surface area contributed by atoms with Crippen molar-refractivity contribution in [3.05, 3.63) is 0 Å². The third kappa shape index (κ3) is 20.5. The van der Waals surface area contributed by atoms with Gasteiger partial charge in [-0.2, -0.15) is 0 Å². The fraction of sp³-hybridized carbons (Fsp3) is 0. The molecular weight excluding hydrogens is 231 g/mol. The minimum absolute atomic E-state index is 0. The van der Waals surface area contributed by atoms with Crippen LogP contribution < -0.4 is 0 Å². The summed E-state index contributed by atoms with van der Waals surface area (Å²) in [5.41, 5.74) is 0.